The van der Waals surface area contributed by atoms with Gasteiger partial charge in [0.15, 0.2) is 0 Å². The van der Waals surface area contributed by atoms with E-state index in [-0.39, 0.29) is 11.6 Å². The van der Waals surface area contributed by atoms with Gasteiger partial charge in [0.2, 0.25) is 0 Å². The third-order valence-electron chi connectivity index (χ3n) is 5.03. The van der Waals surface area contributed by atoms with Gasteiger partial charge < -0.3 is 0 Å². The fraction of sp³-hybridized carbons (Fsp3) is 0.231. The van der Waals surface area contributed by atoms with Crippen LogP contribution in [0.15, 0.2) is 72.8 Å². The van der Waals surface area contributed by atoms with Crippen molar-refractivity contribution in [3.63, 3.8) is 0 Å². The lowest BCUT2D eigenvalue weighted by molar-refractivity contribution is -0.0790. The number of unbranched alkanes of at least 4 members (excludes halogenated alkanes) is 2. The van der Waals surface area contributed by atoms with E-state index in [2.05, 4.69) is 31.2 Å². The molecule has 0 nitrogen and oxygen atoms in total. The number of alkyl halides is 3. The molecule has 0 saturated heterocycles. The first kappa shape index (κ1) is 21.8. The SMILES string of the molecule is CCCCCc1ccc(-c2ccc(-c3ccc(/C=C/C(F)(F)F)c(F)c3)cc2)cc1. The highest BCUT2D eigenvalue weighted by Gasteiger charge is 2.22. The Bertz CT molecular complexity index is 981. The molecule has 0 unspecified atom stereocenters. The van der Waals surface area contributed by atoms with Crippen molar-refractivity contribution in [3.05, 3.63) is 89.8 Å². The summed E-state index contributed by atoms with van der Waals surface area (Å²) in [4.78, 5) is 0. The Balaban J connectivity index is 1.72. The number of halogens is 4. The zero-order valence-electron chi connectivity index (χ0n) is 16.8. The van der Waals surface area contributed by atoms with E-state index in [9.17, 15) is 17.6 Å². The molecule has 0 radical (unpaired) electrons. The molecule has 0 aliphatic carbocycles. The largest absolute Gasteiger partial charge is 0.409 e. The van der Waals surface area contributed by atoms with Gasteiger partial charge in [-0.2, -0.15) is 13.2 Å². The summed E-state index contributed by atoms with van der Waals surface area (Å²) in [5.41, 5.74) is 4.84. The van der Waals surface area contributed by atoms with E-state index < -0.39 is 12.0 Å². The summed E-state index contributed by atoms with van der Waals surface area (Å²) in [5, 5.41) is 0. The van der Waals surface area contributed by atoms with E-state index in [0.717, 1.165) is 29.2 Å². The Labute approximate surface area is 174 Å². The first-order valence-corrected chi connectivity index (χ1v) is 10.1. The number of hydrogen-bond donors (Lipinski definition) is 0. The van der Waals surface area contributed by atoms with Crippen molar-refractivity contribution >= 4 is 6.08 Å². The van der Waals surface area contributed by atoms with Crippen molar-refractivity contribution in [2.45, 2.75) is 38.8 Å². The second-order valence-electron chi connectivity index (χ2n) is 7.34. The molecular weight excluding hydrogens is 388 g/mol. The monoisotopic (exact) mass is 412 g/mol. The van der Waals surface area contributed by atoms with E-state index in [4.69, 9.17) is 0 Å². The maximum atomic E-state index is 14.2. The molecule has 3 rings (SSSR count). The molecule has 0 fully saturated rings. The molecule has 3 aromatic rings. The van der Waals surface area contributed by atoms with E-state index in [1.807, 2.05) is 24.3 Å². The second-order valence-corrected chi connectivity index (χ2v) is 7.34. The van der Waals surface area contributed by atoms with Gasteiger partial charge in [-0.25, -0.2) is 4.39 Å². The highest BCUT2D eigenvalue weighted by molar-refractivity contribution is 5.71. The highest BCUT2D eigenvalue weighted by atomic mass is 19.4. The molecule has 0 aliphatic heterocycles. The first-order chi connectivity index (χ1) is 14.4. The number of allylic oxidation sites excluding steroid dienone is 1. The fourth-order valence-electron chi connectivity index (χ4n) is 3.32. The number of hydrogen-bond acceptors (Lipinski definition) is 0. The van der Waals surface area contributed by atoms with E-state index in [1.54, 1.807) is 6.07 Å². The summed E-state index contributed by atoms with van der Waals surface area (Å²) in [6.45, 7) is 2.19. The lowest BCUT2D eigenvalue weighted by Gasteiger charge is -2.08. The third-order valence-corrected chi connectivity index (χ3v) is 5.03. The summed E-state index contributed by atoms with van der Waals surface area (Å²) in [7, 11) is 0. The zero-order chi connectivity index (χ0) is 21.6. The Kier molecular flexibility index (Phi) is 7.09. The summed E-state index contributed by atoms with van der Waals surface area (Å²) in [5.74, 6) is -0.685. The van der Waals surface area contributed by atoms with E-state index in [1.165, 1.54) is 37.0 Å². The normalized spacial score (nSPS) is 11.9. The van der Waals surface area contributed by atoms with Crippen LogP contribution in [0.25, 0.3) is 28.3 Å². The third kappa shape index (κ3) is 6.06. The van der Waals surface area contributed by atoms with Gasteiger partial charge in [0.05, 0.1) is 0 Å². The molecule has 0 spiro atoms. The average Bonchev–Trinajstić information content (AvgIpc) is 2.73. The number of rotatable bonds is 7. The molecular formula is C26H24F4. The molecule has 0 bridgehead atoms. The van der Waals surface area contributed by atoms with Crippen molar-refractivity contribution in [1.82, 2.24) is 0 Å². The van der Waals surface area contributed by atoms with Crippen LogP contribution in [0.4, 0.5) is 17.6 Å². The lowest BCUT2D eigenvalue weighted by Crippen LogP contribution is -2.00. The second kappa shape index (κ2) is 9.75. The predicted molar refractivity (Wildman–Crippen MR) is 116 cm³/mol. The maximum Gasteiger partial charge on any atom is 0.409 e. The topological polar surface area (TPSA) is 0 Å². The molecule has 0 N–H and O–H groups in total. The Morgan fingerprint density at radius 1 is 0.733 bits per heavy atom. The van der Waals surface area contributed by atoms with Gasteiger partial charge >= 0.3 is 6.18 Å². The van der Waals surface area contributed by atoms with Crippen molar-refractivity contribution in [2.24, 2.45) is 0 Å². The average molecular weight is 412 g/mol. The van der Waals surface area contributed by atoms with Gasteiger partial charge in [-0.05, 0) is 52.8 Å². The van der Waals surface area contributed by atoms with Crippen molar-refractivity contribution in [1.29, 1.82) is 0 Å². The first-order valence-electron chi connectivity index (χ1n) is 10.1. The van der Waals surface area contributed by atoms with E-state index >= 15 is 0 Å². The van der Waals surface area contributed by atoms with Gasteiger partial charge in [-0.3, -0.25) is 0 Å². The van der Waals surface area contributed by atoms with Crippen LogP contribution in [0.1, 0.15) is 37.3 Å². The number of aryl methyl sites for hydroxylation is 1. The standard InChI is InChI=1S/C26H24F4/c1-2-3-4-5-19-6-8-20(9-7-19)21-10-12-22(13-11-21)24-15-14-23(25(27)18-24)16-17-26(28,29)30/h6-18H,2-5H2,1H3/b17-16+. The fourth-order valence-corrected chi connectivity index (χ4v) is 3.32. The number of benzene rings is 3. The van der Waals surface area contributed by atoms with Crippen molar-refractivity contribution in [3.8, 4) is 22.3 Å². The molecule has 0 aromatic heterocycles. The molecule has 156 valence electrons. The highest BCUT2D eigenvalue weighted by Crippen LogP contribution is 2.27. The molecule has 4 heteroatoms. The summed E-state index contributed by atoms with van der Waals surface area (Å²) in [6, 6.07) is 20.5. The van der Waals surface area contributed by atoms with Crippen LogP contribution in [0.5, 0.6) is 0 Å². The summed E-state index contributed by atoms with van der Waals surface area (Å²) >= 11 is 0. The van der Waals surface area contributed by atoms with Gasteiger partial charge in [0, 0.05) is 11.6 Å². The van der Waals surface area contributed by atoms with Gasteiger partial charge in [-0.1, -0.05) is 80.4 Å². The van der Waals surface area contributed by atoms with Crippen molar-refractivity contribution in [2.75, 3.05) is 0 Å². The molecule has 0 heterocycles. The Hall–Kier alpha value is -2.88. The van der Waals surface area contributed by atoms with Crippen LogP contribution in [0.2, 0.25) is 0 Å². The Morgan fingerprint density at radius 2 is 1.27 bits per heavy atom. The molecule has 3 aromatic carbocycles. The van der Waals surface area contributed by atoms with Crippen LogP contribution >= 0.6 is 0 Å². The van der Waals surface area contributed by atoms with E-state index in [0.29, 0.717) is 5.56 Å². The molecule has 0 atom stereocenters. The van der Waals surface area contributed by atoms with Crippen molar-refractivity contribution < 1.29 is 17.6 Å². The van der Waals surface area contributed by atoms with Gasteiger partial charge in [0.1, 0.15) is 5.82 Å². The van der Waals surface area contributed by atoms with Crippen LogP contribution in [0.3, 0.4) is 0 Å². The van der Waals surface area contributed by atoms with Crippen LogP contribution in [0, 0.1) is 5.82 Å². The minimum atomic E-state index is -4.46. The summed E-state index contributed by atoms with van der Waals surface area (Å²) in [6.07, 6.45) is 1.06. The van der Waals surface area contributed by atoms with Crippen LogP contribution in [-0.2, 0) is 6.42 Å². The molecule has 0 aliphatic rings. The van der Waals surface area contributed by atoms with Gasteiger partial charge in [-0.15, -0.1) is 0 Å². The molecule has 30 heavy (non-hydrogen) atoms. The zero-order valence-corrected chi connectivity index (χ0v) is 16.8. The smallest absolute Gasteiger partial charge is 0.206 e. The lowest BCUT2D eigenvalue weighted by atomic mass is 9.98. The molecule has 0 saturated carbocycles. The van der Waals surface area contributed by atoms with Crippen LogP contribution in [-0.4, -0.2) is 6.18 Å². The van der Waals surface area contributed by atoms with Crippen LogP contribution < -0.4 is 0 Å². The summed E-state index contributed by atoms with van der Waals surface area (Å²) < 4.78 is 51.0. The Morgan fingerprint density at radius 3 is 1.80 bits per heavy atom. The minimum absolute atomic E-state index is 0.0367. The minimum Gasteiger partial charge on any atom is -0.206 e. The predicted octanol–water partition coefficient (Wildman–Crippen LogP) is 8.47. The molecule has 0 amide bonds. The maximum absolute atomic E-state index is 14.2. The van der Waals surface area contributed by atoms with Gasteiger partial charge in [0.25, 0.3) is 0 Å². The quantitative estimate of drug-likeness (QED) is 0.270.